The van der Waals surface area contributed by atoms with Crippen LogP contribution in [-0.4, -0.2) is 49.5 Å². The van der Waals surface area contributed by atoms with Gasteiger partial charge in [0.05, 0.1) is 19.5 Å². The zero-order valence-electron chi connectivity index (χ0n) is 12.7. The standard InChI is InChI=1S/C14H17N7OS/c1-8-4-16-10(23-8)6-21-2-3-22-9(5-21)13-19-12(15)11-14(20-13)18-7-17-11/h4,7,9H,2-3,5-6H2,1H3,(H3,15,17,18,19,20). The van der Waals surface area contributed by atoms with Crippen molar-refractivity contribution in [3.8, 4) is 0 Å². The molecule has 0 aromatic carbocycles. The number of aromatic nitrogens is 5. The molecule has 23 heavy (non-hydrogen) atoms. The number of hydrogen-bond acceptors (Lipinski definition) is 8. The molecule has 0 spiro atoms. The average Bonchev–Trinajstić information content (AvgIpc) is 3.17. The van der Waals surface area contributed by atoms with Crippen molar-refractivity contribution in [2.24, 2.45) is 0 Å². The van der Waals surface area contributed by atoms with E-state index in [0.29, 0.717) is 36.0 Å². The molecule has 3 aromatic rings. The molecule has 0 saturated carbocycles. The van der Waals surface area contributed by atoms with Crippen molar-refractivity contribution in [3.05, 3.63) is 28.2 Å². The number of nitrogens with one attached hydrogen (secondary N) is 1. The Hall–Kier alpha value is -2.10. The van der Waals surface area contributed by atoms with Gasteiger partial charge in [-0.05, 0) is 6.92 Å². The van der Waals surface area contributed by atoms with E-state index in [1.54, 1.807) is 17.7 Å². The van der Waals surface area contributed by atoms with Crippen LogP contribution in [0.25, 0.3) is 11.2 Å². The largest absolute Gasteiger partial charge is 0.382 e. The van der Waals surface area contributed by atoms with E-state index < -0.39 is 0 Å². The summed E-state index contributed by atoms with van der Waals surface area (Å²) in [6.45, 7) is 5.11. The normalized spacial score (nSPS) is 19.4. The van der Waals surface area contributed by atoms with Crippen molar-refractivity contribution in [2.45, 2.75) is 19.6 Å². The maximum absolute atomic E-state index is 5.97. The maximum Gasteiger partial charge on any atom is 0.183 e. The first-order valence-electron chi connectivity index (χ1n) is 7.41. The van der Waals surface area contributed by atoms with Gasteiger partial charge < -0.3 is 15.5 Å². The van der Waals surface area contributed by atoms with Crippen molar-refractivity contribution >= 4 is 28.3 Å². The molecule has 8 nitrogen and oxygen atoms in total. The Morgan fingerprint density at radius 2 is 2.35 bits per heavy atom. The van der Waals surface area contributed by atoms with Crippen molar-refractivity contribution in [1.29, 1.82) is 0 Å². The van der Waals surface area contributed by atoms with Crippen LogP contribution in [0, 0.1) is 6.92 Å². The van der Waals surface area contributed by atoms with Crippen molar-refractivity contribution < 1.29 is 4.74 Å². The van der Waals surface area contributed by atoms with E-state index in [-0.39, 0.29) is 6.10 Å². The van der Waals surface area contributed by atoms with Gasteiger partial charge in [-0.1, -0.05) is 0 Å². The minimum Gasteiger partial charge on any atom is -0.382 e. The SMILES string of the molecule is Cc1cnc(CN2CCOC(c3nc(N)c4[nH]cnc4n3)C2)s1. The van der Waals surface area contributed by atoms with Crippen LogP contribution in [0.2, 0.25) is 0 Å². The Labute approximate surface area is 136 Å². The Morgan fingerprint density at radius 1 is 1.43 bits per heavy atom. The van der Waals surface area contributed by atoms with Crippen LogP contribution in [0.15, 0.2) is 12.5 Å². The molecule has 1 fully saturated rings. The number of aryl methyl sites for hydroxylation is 1. The predicted octanol–water partition coefficient (Wildman–Crippen LogP) is 1.27. The van der Waals surface area contributed by atoms with E-state index in [1.165, 1.54) is 4.88 Å². The zero-order valence-corrected chi connectivity index (χ0v) is 13.5. The lowest BCUT2D eigenvalue weighted by Gasteiger charge is -2.31. The van der Waals surface area contributed by atoms with Crippen LogP contribution >= 0.6 is 11.3 Å². The molecule has 3 N–H and O–H groups in total. The van der Waals surface area contributed by atoms with Gasteiger partial charge in [-0.3, -0.25) is 4.90 Å². The van der Waals surface area contributed by atoms with Crippen LogP contribution in [0.3, 0.4) is 0 Å². The highest BCUT2D eigenvalue weighted by Crippen LogP contribution is 2.24. The lowest BCUT2D eigenvalue weighted by atomic mass is 10.2. The summed E-state index contributed by atoms with van der Waals surface area (Å²) in [6, 6.07) is 0. The topological polar surface area (TPSA) is 106 Å². The predicted molar refractivity (Wildman–Crippen MR) is 86.9 cm³/mol. The van der Waals surface area contributed by atoms with Gasteiger partial charge in [0.15, 0.2) is 17.3 Å². The minimum atomic E-state index is -0.201. The van der Waals surface area contributed by atoms with E-state index in [2.05, 4.69) is 36.7 Å². The molecule has 120 valence electrons. The summed E-state index contributed by atoms with van der Waals surface area (Å²) in [5.41, 5.74) is 7.21. The highest BCUT2D eigenvalue weighted by Gasteiger charge is 2.26. The Kier molecular flexibility index (Phi) is 3.68. The number of thiazole rings is 1. The average molecular weight is 331 g/mol. The Bertz CT molecular complexity index is 830. The molecular formula is C14H17N7OS. The number of nitrogen functional groups attached to an aromatic ring is 1. The fourth-order valence-electron chi connectivity index (χ4n) is 2.69. The second-order valence-corrected chi connectivity index (χ2v) is 6.85. The molecule has 0 aliphatic carbocycles. The number of aromatic amines is 1. The third-order valence-corrected chi connectivity index (χ3v) is 4.70. The number of H-pyrrole nitrogens is 1. The molecule has 4 rings (SSSR count). The second-order valence-electron chi connectivity index (χ2n) is 5.53. The number of fused-ring (bicyclic) bond motifs is 1. The van der Waals surface area contributed by atoms with Crippen LogP contribution in [0.4, 0.5) is 5.82 Å². The number of nitrogens with two attached hydrogens (primary N) is 1. The highest BCUT2D eigenvalue weighted by molar-refractivity contribution is 7.11. The maximum atomic E-state index is 5.97. The first-order chi connectivity index (χ1) is 11.2. The highest BCUT2D eigenvalue weighted by atomic mass is 32.1. The minimum absolute atomic E-state index is 0.201. The van der Waals surface area contributed by atoms with Crippen molar-refractivity contribution in [3.63, 3.8) is 0 Å². The molecule has 1 atom stereocenters. The van der Waals surface area contributed by atoms with Gasteiger partial charge in [-0.2, -0.15) is 0 Å². The number of morpholine rings is 1. The van der Waals surface area contributed by atoms with Crippen molar-refractivity contribution in [2.75, 3.05) is 25.4 Å². The summed E-state index contributed by atoms with van der Waals surface area (Å²) in [5, 5.41) is 1.12. The molecule has 3 aromatic heterocycles. The van der Waals surface area contributed by atoms with Gasteiger partial charge in [0.2, 0.25) is 0 Å². The summed E-state index contributed by atoms with van der Waals surface area (Å²) in [4.78, 5) is 23.9. The van der Waals surface area contributed by atoms with Crippen LogP contribution in [0.5, 0.6) is 0 Å². The summed E-state index contributed by atoms with van der Waals surface area (Å²) >= 11 is 1.72. The quantitative estimate of drug-likeness (QED) is 0.744. The van der Waals surface area contributed by atoms with Crippen LogP contribution in [0.1, 0.15) is 21.8 Å². The fourth-order valence-corrected chi connectivity index (χ4v) is 3.51. The van der Waals surface area contributed by atoms with Gasteiger partial charge in [-0.25, -0.2) is 19.9 Å². The van der Waals surface area contributed by atoms with E-state index in [9.17, 15) is 0 Å². The monoisotopic (exact) mass is 331 g/mol. The summed E-state index contributed by atoms with van der Waals surface area (Å²) in [7, 11) is 0. The van der Waals surface area contributed by atoms with Gasteiger partial charge in [0.25, 0.3) is 0 Å². The van der Waals surface area contributed by atoms with E-state index >= 15 is 0 Å². The van der Waals surface area contributed by atoms with Gasteiger partial charge in [-0.15, -0.1) is 11.3 Å². The molecular weight excluding hydrogens is 314 g/mol. The van der Waals surface area contributed by atoms with Crippen molar-refractivity contribution in [1.82, 2.24) is 29.8 Å². The number of imidazole rings is 1. The van der Waals surface area contributed by atoms with Gasteiger partial charge >= 0.3 is 0 Å². The molecule has 0 amide bonds. The molecule has 1 unspecified atom stereocenters. The molecule has 0 radical (unpaired) electrons. The number of rotatable bonds is 3. The number of ether oxygens (including phenoxy) is 1. The first-order valence-corrected chi connectivity index (χ1v) is 8.22. The molecule has 1 aliphatic heterocycles. The number of nitrogens with zero attached hydrogens (tertiary/aromatic N) is 5. The summed E-state index contributed by atoms with van der Waals surface area (Å²) in [6.07, 6.45) is 3.28. The third-order valence-electron chi connectivity index (χ3n) is 3.80. The van der Waals surface area contributed by atoms with Gasteiger partial charge in [0, 0.05) is 24.2 Å². The molecule has 1 saturated heterocycles. The van der Waals surface area contributed by atoms with Gasteiger partial charge in [0.1, 0.15) is 16.6 Å². The Balaban J connectivity index is 1.53. The van der Waals surface area contributed by atoms with E-state index in [0.717, 1.165) is 18.1 Å². The number of anilines is 1. The molecule has 9 heteroatoms. The smallest absolute Gasteiger partial charge is 0.183 e. The number of hydrogen-bond donors (Lipinski definition) is 2. The summed E-state index contributed by atoms with van der Waals surface area (Å²) in [5.74, 6) is 0.987. The zero-order chi connectivity index (χ0) is 15.8. The first kappa shape index (κ1) is 14.5. The Morgan fingerprint density at radius 3 is 3.17 bits per heavy atom. The van der Waals surface area contributed by atoms with Crippen LogP contribution in [-0.2, 0) is 11.3 Å². The lowest BCUT2D eigenvalue weighted by Crippen LogP contribution is -2.38. The molecule has 4 heterocycles. The lowest BCUT2D eigenvalue weighted by molar-refractivity contribution is -0.0370. The fraction of sp³-hybridized carbons (Fsp3) is 0.429. The molecule has 1 aliphatic rings. The van der Waals surface area contributed by atoms with E-state index in [1.807, 2.05) is 6.20 Å². The van der Waals surface area contributed by atoms with Crippen LogP contribution < -0.4 is 5.73 Å². The molecule has 0 bridgehead atoms. The summed E-state index contributed by atoms with van der Waals surface area (Å²) < 4.78 is 5.84. The second kappa shape index (κ2) is 5.84. The third kappa shape index (κ3) is 2.90. The van der Waals surface area contributed by atoms with E-state index in [4.69, 9.17) is 10.5 Å².